The van der Waals surface area contributed by atoms with E-state index in [1.165, 1.54) is 0 Å². The topological polar surface area (TPSA) is 55.4 Å². The zero-order valence-corrected chi connectivity index (χ0v) is 10.8. The van der Waals surface area contributed by atoms with Crippen LogP contribution in [-0.4, -0.2) is 29.9 Å². The monoisotopic (exact) mass is 239 g/mol. The molecular weight excluding hydrogens is 218 g/mol. The molecule has 4 heteroatoms. The van der Waals surface area contributed by atoms with Gasteiger partial charge in [-0.1, -0.05) is 0 Å². The molecule has 17 heavy (non-hydrogen) atoms. The maximum atomic E-state index is 12.0. The van der Waals surface area contributed by atoms with Gasteiger partial charge in [-0.05, 0) is 33.6 Å². The normalized spacial score (nSPS) is 33.4. The Kier molecular flexibility index (Phi) is 3.25. The van der Waals surface area contributed by atoms with Gasteiger partial charge in [0.15, 0.2) is 0 Å². The maximum Gasteiger partial charge on any atom is 0.311 e. The fourth-order valence-corrected chi connectivity index (χ4v) is 2.81. The molecule has 2 fully saturated rings. The minimum Gasteiger partial charge on any atom is -0.460 e. The van der Waals surface area contributed by atoms with Crippen LogP contribution in [0.25, 0.3) is 0 Å². The molecule has 0 aromatic carbocycles. The lowest BCUT2D eigenvalue weighted by Gasteiger charge is -2.28. The van der Waals surface area contributed by atoms with Crippen molar-refractivity contribution in [3.8, 4) is 0 Å². The Morgan fingerprint density at radius 2 is 2.12 bits per heavy atom. The second-order valence-corrected chi connectivity index (χ2v) is 6.04. The Bertz CT molecular complexity index is 332. The van der Waals surface area contributed by atoms with Crippen molar-refractivity contribution < 1.29 is 14.3 Å². The molecule has 1 aliphatic heterocycles. The molecule has 3 atom stereocenters. The standard InChI is InChI=1S/C13H21NO3/c1-13(2,3)17-12(16)8-7-14-9-5-4-6-10(15)11(8)9/h8-9,11,14H,4-7H2,1-3H3. The van der Waals surface area contributed by atoms with E-state index >= 15 is 0 Å². The molecule has 3 unspecified atom stereocenters. The molecule has 1 N–H and O–H groups in total. The number of hydrogen-bond acceptors (Lipinski definition) is 4. The van der Waals surface area contributed by atoms with E-state index in [0.29, 0.717) is 13.0 Å². The highest BCUT2D eigenvalue weighted by molar-refractivity contribution is 5.89. The Morgan fingerprint density at radius 3 is 2.76 bits per heavy atom. The van der Waals surface area contributed by atoms with Gasteiger partial charge in [-0.15, -0.1) is 0 Å². The van der Waals surface area contributed by atoms with Gasteiger partial charge in [0.25, 0.3) is 0 Å². The van der Waals surface area contributed by atoms with Crippen LogP contribution in [0.3, 0.4) is 0 Å². The molecule has 1 heterocycles. The molecule has 0 radical (unpaired) electrons. The number of nitrogens with one attached hydrogen (secondary N) is 1. The van der Waals surface area contributed by atoms with Gasteiger partial charge in [-0.25, -0.2) is 0 Å². The summed E-state index contributed by atoms with van der Waals surface area (Å²) in [7, 11) is 0. The number of Topliss-reactive ketones (excluding diaryl/α,β-unsaturated/α-hetero) is 1. The molecule has 0 aromatic heterocycles. The molecule has 4 nitrogen and oxygen atoms in total. The summed E-state index contributed by atoms with van der Waals surface area (Å²) in [5, 5.41) is 3.28. The molecule has 1 saturated heterocycles. The summed E-state index contributed by atoms with van der Waals surface area (Å²) in [6.07, 6.45) is 2.55. The summed E-state index contributed by atoms with van der Waals surface area (Å²) < 4.78 is 5.39. The first-order valence-corrected chi connectivity index (χ1v) is 6.37. The lowest BCUT2D eigenvalue weighted by molar-refractivity contribution is -0.162. The van der Waals surface area contributed by atoms with Crippen molar-refractivity contribution in [3.05, 3.63) is 0 Å². The molecule has 96 valence electrons. The minimum absolute atomic E-state index is 0.154. The highest BCUT2D eigenvalue weighted by atomic mass is 16.6. The van der Waals surface area contributed by atoms with Crippen molar-refractivity contribution in [3.63, 3.8) is 0 Å². The zero-order chi connectivity index (χ0) is 12.6. The SMILES string of the molecule is CC(C)(C)OC(=O)C1CNC2CCCC(=O)C21. The van der Waals surface area contributed by atoms with Crippen molar-refractivity contribution >= 4 is 11.8 Å². The summed E-state index contributed by atoms with van der Waals surface area (Å²) in [6, 6.07) is 0.189. The lowest BCUT2D eigenvalue weighted by Crippen LogP contribution is -2.39. The molecule has 1 aliphatic carbocycles. The van der Waals surface area contributed by atoms with Gasteiger partial charge in [0.05, 0.1) is 5.92 Å². The summed E-state index contributed by atoms with van der Waals surface area (Å²) in [6.45, 7) is 6.14. The van der Waals surface area contributed by atoms with Crippen LogP contribution in [0, 0.1) is 11.8 Å². The smallest absolute Gasteiger partial charge is 0.311 e. The molecule has 0 spiro atoms. The van der Waals surface area contributed by atoms with Gasteiger partial charge in [-0.3, -0.25) is 9.59 Å². The maximum absolute atomic E-state index is 12.0. The van der Waals surface area contributed by atoms with Crippen LogP contribution >= 0.6 is 0 Å². The first-order valence-electron chi connectivity index (χ1n) is 6.37. The number of hydrogen-bond donors (Lipinski definition) is 1. The lowest BCUT2D eigenvalue weighted by atomic mass is 9.79. The van der Waals surface area contributed by atoms with E-state index in [-0.39, 0.29) is 29.6 Å². The molecule has 0 aromatic rings. The zero-order valence-electron chi connectivity index (χ0n) is 10.8. The molecule has 1 saturated carbocycles. The largest absolute Gasteiger partial charge is 0.460 e. The second-order valence-electron chi connectivity index (χ2n) is 6.04. The van der Waals surface area contributed by atoms with Crippen LogP contribution in [0.15, 0.2) is 0 Å². The van der Waals surface area contributed by atoms with Gasteiger partial charge in [-0.2, -0.15) is 0 Å². The van der Waals surface area contributed by atoms with Crippen molar-refractivity contribution in [2.45, 2.75) is 51.7 Å². The third kappa shape index (κ3) is 2.68. The van der Waals surface area contributed by atoms with E-state index in [0.717, 1.165) is 12.8 Å². The second kappa shape index (κ2) is 4.41. The van der Waals surface area contributed by atoms with Crippen LogP contribution in [-0.2, 0) is 14.3 Å². The summed E-state index contributed by atoms with van der Waals surface area (Å²) in [5.74, 6) is -0.444. The number of esters is 1. The van der Waals surface area contributed by atoms with E-state index in [1.54, 1.807) is 0 Å². The van der Waals surface area contributed by atoms with Crippen molar-refractivity contribution in [1.29, 1.82) is 0 Å². The van der Waals surface area contributed by atoms with Crippen molar-refractivity contribution in [1.82, 2.24) is 5.32 Å². The average molecular weight is 239 g/mol. The third-order valence-electron chi connectivity index (χ3n) is 3.49. The van der Waals surface area contributed by atoms with Gasteiger partial charge in [0.1, 0.15) is 11.4 Å². The fraction of sp³-hybridized carbons (Fsp3) is 0.846. The van der Waals surface area contributed by atoms with Crippen LogP contribution in [0.1, 0.15) is 40.0 Å². The summed E-state index contributed by atoms with van der Waals surface area (Å²) in [4.78, 5) is 24.0. The van der Waals surface area contributed by atoms with Crippen LogP contribution in [0.5, 0.6) is 0 Å². The third-order valence-corrected chi connectivity index (χ3v) is 3.49. The number of carbonyl (C=O) groups is 2. The summed E-state index contributed by atoms with van der Waals surface area (Å²) >= 11 is 0. The van der Waals surface area contributed by atoms with Crippen LogP contribution in [0.2, 0.25) is 0 Å². The van der Waals surface area contributed by atoms with E-state index in [4.69, 9.17) is 4.74 Å². The van der Waals surface area contributed by atoms with E-state index in [9.17, 15) is 9.59 Å². The Hall–Kier alpha value is -0.900. The quantitative estimate of drug-likeness (QED) is 0.700. The van der Waals surface area contributed by atoms with Crippen LogP contribution in [0.4, 0.5) is 0 Å². The number of fused-ring (bicyclic) bond motifs is 1. The number of ether oxygens (including phenoxy) is 1. The highest BCUT2D eigenvalue weighted by Gasteiger charge is 2.46. The molecule has 0 amide bonds. The van der Waals surface area contributed by atoms with Crippen molar-refractivity contribution in [2.75, 3.05) is 6.54 Å². The van der Waals surface area contributed by atoms with Crippen LogP contribution < -0.4 is 5.32 Å². The first-order chi connectivity index (χ1) is 7.88. The summed E-state index contributed by atoms with van der Waals surface area (Å²) in [5.41, 5.74) is -0.479. The van der Waals surface area contributed by atoms with Gasteiger partial charge in [0.2, 0.25) is 0 Å². The number of carbonyl (C=O) groups excluding carboxylic acids is 2. The molecule has 2 aliphatic rings. The minimum atomic E-state index is -0.479. The van der Waals surface area contributed by atoms with Gasteiger partial charge in [0, 0.05) is 24.9 Å². The van der Waals surface area contributed by atoms with E-state index < -0.39 is 5.60 Å². The van der Waals surface area contributed by atoms with Gasteiger partial charge >= 0.3 is 5.97 Å². The Labute approximate surface area is 102 Å². The average Bonchev–Trinajstić information content (AvgIpc) is 2.60. The Balaban J connectivity index is 2.06. The first kappa shape index (κ1) is 12.6. The molecule has 2 rings (SSSR count). The Morgan fingerprint density at radius 1 is 1.41 bits per heavy atom. The predicted molar refractivity (Wildman–Crippen MR) is 63.5 cm³/mol. The van der Waals surface area contributed by atoms with E-state index in [2.05, 4.69) is 5.32 Å². The van der Waals surface area contributed by atoms with Crippen molar-refractivity contribution in [2.24, 2.45) is 11.8 Å². The highest BCUT2D eigenvalue weighted by Crippen LogP contribution is 2.33. The number of rotatable bonds is 1. The molecule has 0 bridgehead atoms. The number of ketones is 1. The van der Waals surface area contributed by atoms with Gasteiger partial charge < -0.3 is 10.1 Å². The fourth-order valence-electron chi connectivity index (χ4n) is 2.81. The molecular formula is C13H21NO3. The van der Waals surface area contributed by atoms with E-state index in [1.807, 2.05) is 20.8 Å². The predicted octanol–water partition coefficient (Wildman–Crippen LogP) is 1.29.